The Morgan fingerprint density at radius 2 is 1.88 bits per heavy atom. The summed E-state index contributed by atoms with van der Waals surface area (Å²) in [6.07, 6.45) is 0.167. The molecule has 0 aliphatic heterocycles. The maximum Gasteiger partial charge on any atom is 0.310 e. The summed E-state index contributed by atoms with van der Waals surface area (Å²) in [4.78, 5) is 11.4. The second kappa shape index (κ2) is 6.49. The van der Waals surface area contributed by atoms with Gasteiger partial charge in [-0.25, -0.2) is 0 Å². The van der Waals surface area contributed by atoms with Gasteiger partial charge in [0.25, 0.3) is 0 Å². The molecule has 1 aromatic carbocycles. The number of hydrogen-bond donors (Lipinski definition) is 0. The third kappa shape index (κ3) is 3.63. The molecule has 0 atom stereocenters. The Kier molecular flexibility index (Phi) is 5.28. The molecule has 0 spiro atoms. The predicted octanol–water partition coefficient (Wildman–Crippen LogP) is 2.57. The number of benzene rings is 1. The van der Waals surface area contributed by atoms with Crippen molar-refractivity contribution >= 4 is 21.9 Å². The lowest BCUT2D eigenvalue weighted by atomic mass is 10.1. The van der Waals surface area contributed by atoms with E-state index in [0.717, 1.165) is 10.0 Å². The minimum absolute atomic E-state index is 0.167. The number of ether oxygens (including phenoxy) is 3. The van der Waals surface area contributed by atoms with Gasteiger partial charge in [0.15, 0.2) is 0 Å². The van der Waals surface area contributed by atoms with Crippen molar-refractivity contribution < 1.29 is 19.0 Å². The van der Waals surface area contributed by atoms with Crippen LogP contribution in [0.5, 0.6) is 11.5 Å². The van der Waals surface area contributed by atoms with Gasteiger partial charge in [0.05, 0.1) is 31.7 Å². The molecule has 0 N–H and O–H groups in total. The van der Waals surface area contributed by atoms with Crippen LogP contribution < -0.4 is 9.47 Å². The van der Waals surface area contributed by atoms with E-state index in [1.807, 2.05) is 0 Å². The standard InChI is InChI=1S/C12H15BrO4/c1-4-17-12(14)6-8-5-11(16-3)9(13)7-10(8)15-2/h5,7H,4,6H2,1-3H3. The molecule has 4 nitrogen and oxygen atoms in total. The van der Waals surface area contributed by atoms with Crippen molar-refractivity contribution in [2.24, 2.45) is 0 Å². The number of rotatable bonds is 5. The van der Waals surface area contributed by atoms with Crippen LogP contribution in [0.15, 0.2) is 16.6 Å². The topological polar surface area (TPSA) is 44.8 Å². The van der Waals surface area contributed by atoms with Crippen LogP contribution in [0, 0.1) is 0 Å². The van der Waals surface area contributed by atoms with Gasteiger partial charge in [-0.15, -0.1) is 0 Å². The Bertz CT molecular complexity index is 404. The number of methoxy groups -OCH3 is 2. The van der Waals surface area contributed by atoms with Crippen molar-refractivity contribution in [2.75, 3.05) is 20.8 Å². The van der Waals surface area contributed by atoms with Gasteiger partial charge in [0.2, 0.25) is 0 Å². The summed E-state index contributed by atoms with van der Waals surface area (Å²) in [5.41, 5.74) is 0.742. The highest BCUT2D eigenvalue weighted by Crippen LogP contribution is 2.33. The SMILES string of the molecule is CCOC(=O)Cc1cc(OC)c(Br)cc1OC. The van der Waals surface area contributed by atoms with Crippen LogP contribution in [-0.2, 0) is 16.0 Å². The number of carbonyl (C=O) groups excluding carboxylic acids is 1. The molecule has 0 unspecified atom stereocenters. The normalized spacial score (nSPS) is 9.88. The lowest BCUT2D eigenvalue weighted by Gasteiger charge is -2.11. The van der Waals surface area contributed by atoms with Crippen LogP contribution in [0.4, 0.5) is 0 Å². The van der Waals surface area contributed by atoms with Gasteiger partial charge >= 0.3 is 5.97 Å². The van der Waals surface area contributed by atoms with Crippen molar-refractivity contribution in [1.82, 2.24) is 0 Å². The van der Waals surface area contributed by atoms with Gasteiger partial charge in [0.1, 0.15) is 11.5 Å². The van der Waals surface area contributed by atoms with Gasteiger partial charge < -0.3 is 14.2 Å². The molecule has 5 heteroatoms. The zero-order valence-corrected chi connectivity index (χ0v) is 11.7. The average molecular weight is 303 g/mol. The molecule has 1 aromatic rings. The molecule has 0 saturated heterocycles. The summed E-state index contributed by atoms with van der Waals surface area (Å²) in [6.45, 7) is 2.14. The molecule has 0 aliphatic rings. The predicted molar refractivity (Wildman–Crippen MR) is 67.6 cm³/mol. The van der Waals surface area contributed by atoms with Crippen LogP contribution in [0.1, 0.15) is 12.5 Å². The lowest BCUT2D eigenvalue weighted by molar-refractivity contribution is -0.142. The fraction of sp³-hybridized carbons (Fsp3) is 0.417. The Morgan fingerprint density at radius 3 is 2.41 bits per heavy atom. The summed E-state index contributed by atoms with van der Waals surface area (Å²) >= 11 is 3.36. The van der Waals surface area contributed by atoms with Crippen molar-refractivity contribution in [1.29, 1.82) is 0 Å². The first-order valence-corrected chi connectivity index (χ1v) is 5.97. The summed E-state index contributed by atoms with van der Waals surface area (Å²) < 4.78 is 16.1. The summed E-state index contributed by atoms with van der Waals surface area (Å²) in [7, 11) is 3.13. The molecule has 0 aromatic heterocycles. The third-order valence-electron chi connectivity index (χ3n) is 2.19. The number of carbonyl (C=O) groups is 1. The van der Waals surface area contributed by atoms with E-state index in [9.17, 15) is 4.79 Å². The van der Waals surface area contributed by atoms with Crippen LogP contribution in [0.2, 0.25) is 0 Å². The largest absolute Gasteiger partial charge is 0.496 e. The van der Waals surface area contributed by atoms with Gasteiger partial charge in [0, 0.05) is 5.56 Å². The molecule has 0 radical (unpaired) electrons. The van der Waals surface area contributed by atoms with Crippen LogP contribution in [0.3, 0.4) is 0 Å². The quantitative estimate of drug-likeness (QED) is 0.784. The summed E-state index contributed by atoms with van der Waals surface area (Å²) in [6, 6.07) is 3.53. The van der Waals surface area contributed by atoms with Crippen LogP contribution in [-0.4, -0.2) is 26.8 Å². The maximum atomic E-state index is 11.4. The molecule has 0 amide bonds. The van der Waals surface area contributed by atoms with E-state index in [1.54, 1.807) is 33.3 Å². The van der Waals surface area contributed by atoms with E-state index in [4.69, 9.17) is 14.2 Å². The molecule has 1 rings (SSSR count). The second-order valence-electron chi connectivity index (χ2n) is 3.28. The first kappa shape index (κ1) is 13.8. The smallest absolute Gasteiger partial charge is 0.310 e. The molecule has 94 valence electrons. The third-order valence-corrected chi connectivity index (χ3v) is 2.81. The Morgan fingerprint density at radius 1 is 1.24 bits per heavy atom. The van der Waals surface area contributed by atoms with E-state index in [0.29, 0.717) is 18.1 Å². The highest BCUT2D eigenvalue weighted by atomic mass is 79.9. The Labute approximate surface area is 109 Å². The van der Waals surface area contributed by atoms with Gasteiger partial charge in [-0.1, -0.05) is 0 Å². The minimum atomic E-state index is -0.282. The molecule has 0 aliphatic carbocycles. The molecular formula is C12H15BrO4. The molecule has 0 heterocycles. The monoisotopic (exact) mass is 302 g/mol. The van der Waals surface area contributed by atoms with Crippen molar-refractivity contribution in [2.45, 2.75) is 13.3 Å². The first-order chi connectivity index (χ1) is 8.12. The van der Waals surface area contributed by atoms with E-state index in [2.05, 4.69) is 15.9 Å². The van der Waals surface area contributed by atoms with E-state index < -0.39 is 0 Å². The summed E-state index contributed by atoms with van der Waals surface area (Å²) in [5.74, 6) is 1.01. The molecule has 0 fully saturated rings. The Balaban J connectivity index is 2.99. The van der Waals surface area contributed by atoms with Crippen molar-refractivity contribution in [3.8, 4) is 11.5 Å². The highest BCUT2D eigenvalue weighted by Gasteiger charge is 2.13. The number of hydrogen-bond acceptors (Lipinski definition) is 4. The minimum Gasteiger partial charge on any atom is -0.496 e. The molecule has 0 saturated carbocycles. The zero-order chi connectivity index (χ0) is 12.8. The van der Waals surface area contributed by atoms with Gasteiger partial charge in [-0.3, -0.25) is 4.79 Å². The second-order valence-corrected chi connectivity index (χ2v) is 4.13. The zero-order valence-electron chi connectivity index (χ0n) is 10.1. The molecule has 0 bridgehead atoms. The van der Waals surface area contributed by atoms with Crippen molar-refractivity contribution in [3.63, 3.8) is 0 Å². The van der Waals surface area contributed by atoms with Gasteiger partial charge in [-0.05, 0) is 35.0 Å². The highest BCUT2D eigenvalue weighted by molar-refractivity contribution is 9.10. The number of halogens is 1. The Hall–Kier alpha value is -1.23. The van der Waals surface area contributed by atoms with E-state index in [1.165, 1.54) is 0 Å². The van der Waals surface area contributed by atoms with Crippen molar-refractivity contribution in [3.05, 3.63) is 22.2 Å². The first-order valence-electron chi connectivity index (χ1n) is 5.18. The maximum absolute atomic E-state index is 11.4. The average Bonchev–Trinajstić information content (AvgIpc) is 2.31. The molecule has 17 heavy (non-hydrogen) atoms. The summed E-state index contributed by atoms with van der Waals surface area (Å²) in [5, 5.41) is 0. The number of esters is 1. The lowest BCUT2D eigenvalue weighted by Crippen LogP contribution is -2.08. The van der Waals surface area contributed by atoms with Crippen LogP contribution in [0.25, 0.3) is 0 Å². The van der Waals surface area contributed by atoms with E-state index >= 15 is 0 Å². The molecular weight excluding hydrogens is 288 g/mol. The fourth-order valence-corrected chi connectivity index (χ4v) is 1.91. The van der Waals surface area contributed by atoms with Gasteiger partial charge in [-0.2, -0.15) is 0 Å². The fourth-order valence-electron chi connectivity index (χ4n) is 1.43. The van der Waals surface area contributed by atoms with E-state index in [-0.39, 0.29) is 12.4 Å². The van der Waals surface area contributed by atoms with Crippen LogP contribution >= 0.6 is 15.9 Å².